The van der Waals surface area contributed by atoms with E-state index in [1.54, 1.807) is 0 Å². The minimum Gasteiger partial charge on any atom is -0.463 e. The number of anilines is 1. The van der Waals surface area contributed by atoms with Gasteiger partial charge in [0.1, 0.15) is 24.4 Å². The minimum absolute atomic E-state index is 0.278. The van der Waals surface area contributed by atoms with Gasteiger partial charge in [0.2, 0.25) is 6.29 Å². The standard InChI is InChI=1S/C20H23N3O13/c1-9(24)32-8-16-18(33-10(2)25)17(19(34-11(3)26)20(36-16)35-12(4)27)21-14-6-5-13(22(28)29)7-15(14)23(30)31/h5-7,16-21H,8H2,1-4H3/t16-,17+,18-,19-,20-/m1/s1. The van der Waals surface area contributed by atoms with Crippen molar-refractivity contribution in [1.29, 1.82) is 0 Å². The molecule has 0 saturated carbocycles. The van der Waals surface area contributed by atoms with E-state index in [0.29, 0.717) is 6.07 Å². The van der Waals surface area contributed by atoms with E-state index in [-0.39, 0.29) is 5.69 Å². The Hall–Kier alpha value is -4.34. The average molecular weight is 513 g/mol. The van der Waals surface area contributed by atoms with Crippen LogP contribution in [0.5, 0.6) is 0 Å². The number of esters is 4. The molecule has 1 aromatic rings. The zero-order chi connectivity index (χ0) is 27.2. The highest BCUT2D eigenvalue weighted by molar-refractivity contribution is 5.70. The Balaban J connectivity index is 2.63. The molecule has 0 radical (unpaired) electrons. The van der Waals surface area contributed by atoms with Gasteiger partial charge >= 0.3 is 23.9 Å². The first kappa shape index (κ1) is 27.9. The van der Waals surface area contributed by atoms with Gasteiger partial charge in [0, 0.05) is 33.8 Å². The Morgan fingerprint density at radius 1 is 0.889 bits per heavy atom. The van der Waals surface area contributed by atoms with Crippen molar-refractivity contribution in [2.24, 2.45) is 0 Å². The van der Waals surface area contributed by atoms with Crippen molar-refractivity contribution >= 4 is 40.9 Å². The Labute approximate surface area is 203 Å². The van der Waals surface area contributed by atoms with E-state index in [9.17, 15) is 39.4 Å². The molecule has 16 heteroatoms. The number of nitro groups is 2. The predicted octanol–water partition coefficient (Wildman–Crippen LogP) is 0.998. The number of non-ortho nitro benzene ring substituents is 1. The Morgan fingerprint density at radius 3 is 1.97 bits per heavy atom. The fourth-order valence-corrected chi connectivity index (χ4v) is 3.42. The molecule has 1 saturated heterocycles. The van der Waals surface area contributed by atoms with Crippen molar-refractivity contribution in [3.8, 4) is 0 Å². The number of hydrogen-bond acceptors (Lipinski definition) is 14. The molecule has 0 unspecified atom stereocenters. The Bertz CT molecular complexity index is 1060. The summed E-state index contributed by atoms with van der Waals surface area (Å²) in [6, 6.07) is 1.33. The molecule has 0 amide bonds. The normalized spacial score (nSPS) is 23.1. The lowest BCUT2D eigenvalue weighted by Gasteiger charge is -2.44. The Morgan fingerprint density at radius 2 is 1.47 bits per heavy atom. The second kappa shape index (κ2) is 11.9. The van der Waals surface area contributed by atoms with Crippen molar-refractivity contribution in [3.63, 3.8) is 0 Å². The van der Waals surface area contributed by atoms with Gasteiger partial charge in [-0.15, -0.1) is 0 Å². The topological polar surface area (TPSA) is 213 Å². The molecule has 1 N–H and O–H groups in total. The summed E-state index contributed by atoms with van der Waals surface area (Å²) in [6.07, 6.45) is -5.84. The SMILES string of the molecule is CC(=O)OC[C@H]1O[C@@H](OC(C)=O)[C@H](OC(C)=O)[C@@H](Nc2ccc([N+](=O)[O-])cc2[N+](=O)[O-])[C@@H]1OC(C)=O. The molecule has 1 aliphatic heterocycles. The first-order valence-electron chi connectivity index (χ1n) is 10.3. The summed E-state index contributed by atoms with van der Waals surface area (Å²) in [7, 11) is 0. The zero-order valence-corrected chi connectivity index (χ0v) is 19.5. The van der Waals surface area contributed by atoms with Gasteiger partial charge in [-0.1, -0.05) is 0 Å². The van der Waals surface area contributed by atoms with Crippen LogP contribution >= 0.6 is 0 Å². The van der Waals surface area contributed by atoms with Crippen LogP contribution in [-0.4, -0.2) is 71.0 Å². The summed E-state index contributed by atoms with van der Waals surface area (Å²) >= 11 is 0. The fourth-order valence-electron chi connectivity index (χ4n) is 3.42. The van der Waals surface area contributed by atoms with Gasteiger partial charge in [0.05, 0.1) is 15.9 Å². The summed E-state index contributed by atoms with van der Waals surface area (Å²) < 4.78 is 26.3. The highest BCUT2D eigenvalue weighted by atomic mass is 16.7. The van der Waals surface area contributed by atoms with Crippen molar-refractivity contribution in [1.82, 2.24) is 0 Å². The molecule has 196 valence electrons. The first-order valence-corrected chi connectivity index (χ1v) is 10.3. The summed E-state index contributed by atoms with van der Waals surface area (Å²) in [4.78, 5) is 67.8. The molecule has 1 aromatic carbocycles. The number of nitro benzene ring substituents is 2. The number of carbonyl (C=O) groups excluding carboxylic acids is 4. The van der Waals surface area contributed by atoms with Crippen LogP contribution in [0.2, 0.25) is 0 Å². The number of ether oxygens (including phenoxy) is 5. The zero-order valence-electron chi connectivity index (χ0n) is 19.5. The van der Waals surface area contributed by atoms with Crippen molar-refractivity contribution in [3.05, 3.63) is 38.4 Å². The molecule has 5 atom stereocenters. The lowest BCUT2D eigenvalue weighted by Crippen LogP contribution is -2.64. The van der Waals surface area contributed by atoms with Crippen LogP contribution in [0.3, 0.4) is 0 Å². The van der Waals surface area contributed by atoms with Crippen LogP contribution in [0.15, 0.2) is 18.2 Å². The van der Waals surface area contributed by atoms with E-state index < -0.39 is 82.3 Å². The van der Waals surface area contributed by atoms with E-state index in [1.165, 1.54) is 0 Å². The van der Waals surface area contributed by atoms with Crippen LogP contribution < -0.4 is 5.32 Å². The number of nitrogens with zero attached hydrogens (tertiary/aromatic N) is 2. The molecule has 2 rings (SSSR count). The van der Waals surface area contributed by atoms with E-state index in [1.807, 2.05) is 0 Å². The van der Waals surface area contributed by atoms with E-state index in [2.05, 4.69) is 5.32 Å². The number of carbonyl (C=O) groups is 4. The quantitative estimate of drug-likeness (QED) is 0.211. The molecule has 16 nitrogen and oxygen atoms in total. The maximum atomic E-state index is 11.9. The van der Waals surface area contributed by atoms with Gasteiger partial charge in [-0.05, 0) is 6.07 Å². The van der Waals surface area contributed by atoms with E-state index >= 15 is 0 Å². The molecule has 0 bridgehead atoms. The lowest BCUT2D eigenvalue weighted by atomic mass is 9.95. The molecular weight excluding hydrogens is 490 g/mol. The second-order valence-electron chi connectivity index (χ2n) is 7.49. The van der Waals surface area contributed by atoms with Crippen molar-refractivity contribution in [2.75, 3.05) is 11.9 Å². The molecule has 1 fully saturated rings. The molecule has 0 spiro atoms. The van der Waals surface area contributed by atoms with Gasteiger partial charge in [0.25, 0.3) is 11.4 Å². The van der Waals surface area contributed by atoms with E-state index in [4.69, 9.17) is 23.7 Å². The average Bonchev–Trinajstić information content (AvgIpc) is 2.75. The highest BCUT2D eigenvalue weighted by Crippen LogP contribution is 2.34. The monoisotopic (exact) mass is 513 g/mol. The molecular formula is C20H23N3O13. The summed E-state index contributed by atoms with van der Waals surface area (Å²) in [5, 5.41) is 25.4. The molecule has 0 aromatic heterocycles. The number of hydrogen-bond donors (Lipinski definition) is 1. The summed E-state index contributed by atoms with van der Waals surface area (Å²) in [6.45, 7) is 3.72. The number of rotatable bonds is 9. The minimum atomic E-state index is -1.62. The maximum Gasteiger partial charge on any atom is 0.305 e. The fraction of sp³-hybridized carbons (Fsp3) is 0.500. The second-order valence-corrected chi connectivity index (χ2v) is 7.49. The summed E-state index contributed by atoms with van der Waals surface area (Å²) in [5.41, 5.74) is -1.57. The largest absolute Gasteiger partial charge is 0.463 e. The van der Waals surface area contributed by atoms with Gasteiger partial charge in [0.15, 0.2) is 12.2 Å². The van der Waals surface area contributed by atoms with Gasteiger partial charge in [-0.3, -0.25) is 39.4 Å². The van der Waals surface area contributed by atoms with E-state index in [0.717, 1.165) is 39.8 Å². The number of nitrogens with one attached hydrogen (secondary N) is 1. The lowest BCUT2D eigenvalue weighted by molar-refractivity contribution is -0.393. The molecule has 36 heavy (non-hydrogen) atoms. The van der Waals surface area contributed by atoms with Gasteiger partial charge < -0.3 is 29.0 Å². The van der Waals surface area contributed by atoms with Crippen LogP contribution in [0.4, 0.5) is 17.1 Å². The summed E-state index contributed by atoms with van der Waals surface area (Å²) in [5.74, 6) is -3.28. The maximum absolute atomic E-state index is 11.9. The third kappa shape index (κ3) is 7.33. The van der Waals surface area contributed by atoms with Crippen molar-refractivity contribution in [2.45, 2.75) is 58.3 Å². The molecule has 1 aliphatic rings. The Kier molecular flexibility index (Phi) is 9.20. The molecule has 0 aliphatic carbocycles. The third-order valence-electron chi connectivity index (χ3n) is 4.70. The van der Waals surface area contributed by atoms with Crippen LogP contribution in [0.25, 0.3) is 0 Å². The van der Waals surface area contributed by atoms with Gasteiger partial charge in [-0.25, -0.2) is 0 Å². The third-order valence-corrected chi connectivity index (χ3v) is 4.70. The van der Waals surface area contributed by atoms with Crippen molar-refractivity contribution < 1.29 is 52.7 Å². The first-order chi connectivity index (χ1) is 16.8. The predicted molar refractivity (Wildman–Crippen MR) is 115 cm³/mol. The van der Waals surface area contributed by atoms with Crippen LogP contribution in [0.1, 0.15) is 27.7 Å². The van der Waals surface area contributed by atoms with Crippen LogP contribution in [-0.2, 0) is 42.9 Å². The molecule has 1 heterocycles. The number of benzene rings is 1. The van der Waals surface area contributed by atoms with Gasteiger partial charge in [-0.2, -0.15) is 0 Å². The van der Waals surface area contributed by atoms with Crippen LogP contribution in [0, 0.1) is 20.2 Å². The highest BCUT2D eigenvalue weighted by Gasteiger charge is 2.52. The smallest absolute Gasteiger partial charge is 0.305 e.